The van der Waals surface area contributed by atoms with E-state index in [1.165, 1.54) is 0 Å². The van der Waals surface area contributed by atoms with Gasteiger partial charge in [-0.15, -0.1) is 24.8 Å². The number of nitrogens with zero attached hydrogens (tertiary/aromatic N) is 1. The number of hydrogen-bond donors (Lipinski definition) is 2. The molecule has 0 fully saturated rings. The van der Waals surface area contributed by atoms with Crippen molar-refractivity contribution >= 4 is 36.7 Å². The van der Waals surface area contributed by atoms with Crippen LogP contribution < -0.4 is 16.2 Å². The fourth-order valence-corrected chi connectivity index (χ4v) is 1.95. The third-order valence-corrected chi connectivity index (χ3v) is 3.22. The first-order valence-electron chi connectivity index (χ1n) is 7.14. The molecule has 130 valence electrons. The van der Waals surface area contributed by atoms with Gasteiger partial charge in [0.1, 0.15) is 18.2 Å². The number of ether oxygens (including phenoxy) is 1. The van der Waals surface area contributed by atoms with Gasteiger partial charge in [-0.1, -0.05) is 36.4 Å². The van der Waals surface area contributed by atoms with Crippen LogP contribution in [0.5, 0.6) is 5.75 Å². The summed E-state index contributed by atoms with van der Waals surface area (Å²) in [5, 5.41) is 0. The minimum absolute atomic E-state index is 0. The van der Waals surface area contributed by atoms with Gasteiger partial charge in [-0.3, -0.25) is 4.99 Å². The minimum Gasteiger partial charge on any atom is -0.489 e. The van der Waals surface area contributed by atoms with Crippen molar-refractivity contribution in [3.05, 3.63) is 71.3 Å². The summed E-state index contributed by atoms with van der Waals surface area (Å²) in [6, 6.07) is 15.8. The lowest BCUT2D eigenvalue weighted by Gasteiger charge is -2.07. The average Bonchev–Trinajstić information content (AvgIpc) is 2.58. The van der Waals surface area contributed by atoms with Crippen molar-refractivity contribution in [2.75, 3.05) is 13.6 Å². The molecule has 0 aliphatic carbocycles. The van der Waals surface area contributed by atoms with Gasteiger partial charge in [0.05, 0.1) is 0 Å². The quantitative estimate of drug-likeness (QED) is 0.606. The number of halogens is 2. The van der Waals surface area contributed by atoms with Crippen LogP contribution in [0, 0.1) is 0 Å². The Morgan fingerprint density at radius 1 is 1.04 bits per heavy atom. The Morgan fingerprint density at radius 3 is 2.21 bits per heavy atom. The normalized spacial score (nSPS) is 10.8. The topological polar surface area (TPSA) is 73.6 Å². The zero-order chi connectivity index (χ0) is 15.8. The van der Waals surface area contributed by atoms with Gasteiger partial charge in [-0.25, -0.2) is 0 Å². The zero-order valence-corrected chi connectivity index (χ0v) is 15.1. The molecule has 24 heavy (non-hydrogen) atoms. The summed E-state index contributed by atoms with van der Waals surface area (Å²) in [5.74, 6) is 1.33. The van der Waals surface area contributed by atoms with Crippen LogP contribution in [0.15, 0.2) is 59.6 Å². The molecule has 4 nitrogen and oxygen atoms in total. The number of nitrogens with two attached hydrogens (primary N) is 2. The van der Waals surface area contributed by atoms with Crippen LogP contribution in [0.2, 0.25) is 0 Å². The van der Waals surface area contributed by atoms with Crippen molar-refractivity contribution in [1.82, 2.24) is 0 Å². The molecular formula is C18H23Cl2N3O. The van der Waals surface area contributed by atoms with E-state index < -0.39 is 0 Å². The van der Waals surface area contributed by atoms with Gasteiger partial charge in [-0.2, -0.15) is 0 Å². The molecule has 0 aliphatic rings. The van der Waals surface area contributed by atoms with E-state index in [-0.39, 0.29) is 24.8 Å². The number of benzene rings is 2. The molecule has 4 N–H and O–H groups in total. The Hall–Kier alpha value is -2.01. The first-order chi connectivity index (χ1) is 10.7. The Kier molecular flexibility index (Phi) is 10.5. The molecule has 0 aromatic heterocycles. The third-order valence-electron chi connectivity index (χ3n) is 3.22. The maximum absolute atomic E-state index is 5.76. The number of hydrogen-bond acceptors (Lipinski definition) is 3. The smallest absolute Gasteiger partial charge is 0.125 e. The van der Waals surface area contributed by atoms with Crippen molar-refractivity contribution in [3.63, 3.8) is 0 Å². The molecule has 0 bridgehead atoms. The van der Waals surface area contributed by atoms with Crippen molar-refractivity contribution in [3.8, 4) is 5.75 Å². The fraction of sp³-hybridized carbons (Fsp3) is 0.167. The summed E-state index contributed by atoms with van der Waals surface area (Å²) >= 11 is 0. The first-order valence-corrected chi connectivity index (χ1v) is 7.14. The van der Waals surface area contributed by atoms with Gasteiger partial charge in [0, 0.05) is 19.2 Å². The maximum Gasteiger partial charge on any atom is 0.125 e. The second-order valence-electron chi connectivity index (χ2n) is 4.80. The van der Waals surface area contributed by atoms with Gasteiger partial charge >= 0.3 is 0 Å². The molecular weight excluding hydrogens is 345 g/mol. The van der Waals surface area contributed by atoms with Crippen LogP contribution in [-0.4, -0.2) is 19.4 Å². The van der Waals surface area contributed by atoms with Gasteiger partial charge in [0.25, 0.3) is 0 Å². The molecule has 0 radical (unpaired) electrons. The minimum atomic E-state index is 0. The van der Waals surface area contributed by atoms with Crippen LogP contribution in [-0.2, 0) is 6.61 Å². The highest BCUT2D eigenvalue weighted by Crippen LogP contribution is 2.15. The fourth-order valence-electron chi connectivity index (χ4n) is 1.95. The van der Waals surface area contributed by atoms with Crippen LogP contribution in [0.3, 0.4) is 0 Å². The van der Waals surface area contributed by atoms with Crippen LogP contribution in [0.1, 0.15) is 16.7 Å². The Bertz CT molecular complexity index is 653. The van der Waals surface area contributed by atoms with E-state index in [1.54, 1.807) is 7.05 Å². The van der Waals surface area contributed by atoms with E-state index >= 15 is 0 Å². The van der Waals surface area contributed by atoms with Gasteiger partial charge in [0.2, 0.25) is 0 Å². The summed E-state index contributed by atoms with van der Waals surface area (Å²) in [6.45, 7) is 1.08. The summed E-state index contributed by atoms with van der Waals surface area (Å²) in [5.41, 5.74) is 14.3. The second-order valence-corrected chi connectivity index (χ2v) is 4.80. The summed E-state index contributed by atoms with van der Waals surface area (Å²) in [4.78, 5) is 3.95. The predicted molar refractivity (Wildman–Crippen MR) is 106 cm³/mol. The number of amidine groups is 1. The molecule has 6 heteroatoms. The molecule has 2 rings (SSSR count). The average molecular weight is 368 g/mol. The van der Waals surface area contributed by atoms with E-state index in [0.29, 0.717) is 19.0 Å². The Balaban J connectivity index is 0.00000264. The molecule has 0 heterocycles. The lowest BCUT2D eigenvalue weighted by Crippen LogP contribution is -2.12. The lowest BCUT2D eigenvalue weighted by molar-refractivity contribution is 0.306. The van der Waals surface area contributed by atoms with Gasteiger partial charge in [-0.05, 0) is 35.4 Å². The van der Waals surface area contributed by atoms with E-state index in [1.807, 2.05) is 60.7 Å². The molecule has 0 saturated heterocycles. The molecule has 2 aromatic carbocycles. The molecule has 0 amide bonds. The monoisotopic (exact) mass is 367 g/mol. The molecule has 0 atom stereocenters. The Morgan fingerprint density at radius 2 is 1.67 bits per heavy atom. The van der Waals surface area contributed by atoms with Crippen molar-refractivity contribution in [2.45, 2.75) is 6.61 Å². The third kappa shape index (κ3) is 6.62. The van der Waals surface area contributed by atoms with E-state index in [0.717, 1.165) is 22.4 Å². The highest BCUT2D eigenvalue weighted by Gasteiger charge is 1.99. The van der Waals surface area contributed by atoms with Gasteiger partial charge < -0.3 is 16.2 Å². The van der Waals surface area contributed by atoms with E-state index in [9.17, 15) is 0 Å². The van der Waals surface area contributed by atoms with Crippen molar-refractivity contribution < 1.29 is 4.74 Å². The molecule has 2 aromatic rings. The van der Waals surface area contributed by atoms with E-state index in [2.05, 4.69) is 4.99 Å². The Labute approximate surface area is 155 Å². The van der Waals surface area contributed by atoms with Crippen molar-refractivity contribution in [1.29, 1.82) is 0 Å². The number of aliphatic imine (C=N–C) groups is 1. The largest absolute Gasteiger partial charge is 0.489 e. The summed E-state index contributed by atoms with van der Waals surface area (Å²) in [7, 11) is 1.67. The van der Waals surface area contributed by atoms with Gasteiger partial charge in [0.15, 0.2) is 0 Å². The SMILES string of the molecule is CN=C(N)c1ccc(OCc2ccc(/C=C/CN)cc2)cc1.Cl.Cl. The highest BCUT2D eigenvalue weighted by atomic mass is 35.5. The zero-order valence-electron chi connectivity index (χ0n) is 13.5. The predicted octanol–water partition coefficient (Wildman–Crippen LogP) is 3.42. The summed E-state index contributed by atoms with van der Waals surface area (Å²) < 4.78 is 5.76. The van der Waals surface area contributed by atoms with Crippen LogP contribution in [0.4, 0.5) is 0 Å². The standard InChI is InChI=1S/C18H21N3O.2ClH/c1-21-18(20)16-8-10-17(11-9-16)22-13-15-6-4-14(5-7-15)3-2-12-19;;/h2-11H,12-13,19H2,1H3,(H2,20,21);2*1H/b3-2+;;. The van der Waals surface area contributed by atoms with Crippen LogP contribution in [0.25, 0.3) is 6.08 Å². The highest BCUT2D eigenvalue weighted by molar-refractivity contribution is 5.97. The molecule has 0 saturated carbocycles. The second kappa shape index (κ2) is 11.5. The lowest BCUT2D eigenvalue weighted by atomic mass is 10.1. The molecule has 0 unspecified atom stereocenters. The molecule has 0 spiro atoms. The maximum atomic E-state index is 5.76. The molecule has 0 aliphatic heterocycles. The summed E-state index contributed by atoms with van der Waals surface area (Å²) in [6.07, 6.45) is 3.93. The number of rotatable bonds is 6. The van der Waals surface area contributed by atoms with E-state index in [4.69, 9.17) is 16.2 Å². The first kappa shape index (κ1) is 22.0. The van der Waals surface area contributed by atoms with Crippen molar-refractivity contribution in [2.24, 2.45) is 16.5 Å². The van der Waals surface area contributed by atoms with Crippen LogP contribution >= 0.6 is 24.8 Å².